The Bertz CT molecular complexity index is 1240. The highest BCUT2D eigenvalue weighted by molar-refractivity contribution is 6.01. The number of nitrogens with two attached hydrogens (primary N) is 2. The van der Waals surface area contributed by atoms with E-state index in [-0.39, 0.29) is 43.3 Å². The second kappa shape index (κ2) is 14.1. The van der Waals surface area contributed by atoms with E-state index in [1.165, 1.54) is 9.80 Å². The monoisotopic (exact) mass is 570 g/mol. The molecule has 2 amide bonds. The molecule has 0 aliphatic carbocycles. The molecule has 218 valence electrons. The molecule has 2 heterocycles. The first-order valence-electron chi connectivity index (χ1n) is 12.1. The van der Waals surface area contributed by atoms with Crippen LogP contribution in [-0.2, 0) is 28.8 Å². The van der Waals surface area contributed by atoms with Gasteiger partial charge in [0.1, 0.15) is 0 Å². The summed E-state index contributed by atoms with van der Waals surface area (Å²) in [6.45, 7) is 3.26. The summed E-state index contributed by atoms with van der Waals surface area (Å²) in [5.74, 6) is -6.37. The van der Waals surface area contributed by atoms with Gasteiger partial charge in [-0.05, 0) is 48.5 Å². The van der Waals surface area contributed by atoms with Crippen molar-refractivity contribution in [1.29, 1.82) is 0 Å². The van der Waals surface area contributed by atoms with Crippen LogP contribution in [-0.4, -0.2) is 69.2 Å². The molecular weight excluding hydrogens is 540 g/mol. The van der Waals surface area contributed by atoms with Crippen molar-refractivity contribution in [2.45, 2.75) is 19.3 Å². The molecule has 14 heteroatoms. The quantitative estimate of drug-likeness (QED) is 0.205. The zero-order valence-electron chi connectivity index (χ0n) is 21.8. The van der Waals surface area contributed by atoms with Crippen molar-refractivity contribution < 1.29 is 49.2 Å². The van der Waals surface area contributed by atoms with Crippen LogP contribution in [0.15, 0.2) is 60.7 Å². The Kier molecular flexibility index (Phi) is 11.0. The van der Waals surface area contributed by atoms with E-state index in [2.05, 4.69) is 6.58 Å². The molecule has 2 unspecified atom stereocenters. The fraction of sp³-hybridized carbons (Fsp3) is 0.259. The minimum Gasteiger partial charge on any atom is -0.481 e. The largest absolute Gasteiger partial charge is 0.481 e. The zero-order valence-corrected chi connectivity index (χ0v) is 21.8. The number of carboxylic acid groups (broad SMARTS) is 4. The molecule has 14 nitrogen and oxygen atoms in total. The fourth-order valence-electron chi connectivity index (χ4n) is 3.81. The van der Waals surface area contributed by atoms with Gasteiger partial charge in [0.2, 0.25) is 11.8 Å². The highest BCUT2D eigenvalue weighted by atomic mass is 16.4. The van der Waals surface area contributed by atoms with E-state index in [1.54, 1.807) is 48.5 Å². The SMILES string of the molecule is C=C(CC(=O)O)C(=O)O.Nc1ccc(N)cc1.O=C(O)C1CC(=O)N(c2ccc(N3CC(C(=O)O)CC3=O)cc2)C1. The molecular formula is C27H30N4O10. The van der Waals surface area contributed by atoms with Crippen molar-refractivity contribution in [3.63, 3.8) is 0 Å². The first-order chi connectivity index (χ1) is 19.2. The topological polar surface area (TPSA) is 242 Å². The summed E-state index contributed by atoms with van der Waals surface area (Å²) in [6.07, 6.45) is -0.556. The average Bonchev–Trinajstić information content (AvgIpc) is 3.49. The lowest BCUT2D eigenvalue weighted by atomic mass is 10.1. The van der Waals surface area contributed by atoms with E-state index in [9.17, 15) is 28.8 Å². The summed E-state index contributed by atoms with van der Waals surface area (Å²) in [7, 11) is 0. The second-order valence-electron chi connectivity index (χ2n) is 9.15. The van der Waals surface area contributed by atoms with Gasteiger partial charge in [-0.1, -0.05) is 6.58 Å². The smallest absolute Gasteiger partial charge is 0.331 e. The van der Waals surface area contributed by atoms with Crippen LogP contribution in [0.1, 0.15) is 19.3 Å². The number of hydrogen-bond donors (Lipinski definition) is 6. The molecule has 2 aromatic carbocycles. The molecule has 0 spiro atoms. The van der Waals surface area contributed by atoms with Gasteiger partial charge < -0.3 is 41.7 Å². The number of nitrogens with zero attached hydrogens (tertiary/aromatic N) is 2. The number of amides is 2. The number of anilines is 4. The lowest BCUT2D eigenvalue weighted by Crippen LogP contribution is -2.27. The first-order valence-corrected chi connectivity index (χ1v) is 12.1. The number of aliphatic carboxylic acids is 4. The molecule has 2 aliphatic heterocycles. The predicted molar refractivity (Wildman–Crippen MR) is 147 cm³/mol. The Morgan fingerprint density at radius 3 is 1.27 bits per heavy atom. The van der Waals surface area contributed by atoms with Crippen LogP contribution in [0.2, 0.25) is 0 Å². The summed E-state index contributed by atoms with van der Waals surface area (Å²) in [6, 6.07) is 13.6. The highest BCUT2D eigenvalue weighted by Crippen LogP contribution is 2.30. The van der Waals surface area contributed by atoms with E-state index >= 15 is 0 Å². The van der Waals surface area contributed by atoms with Crippen LogP contribution in [0.3, 0.4) is 0 Å². The molecule has 2 aliphatic rings. The van der Waals surface area contributed by atoms with Gasteiger partial charge >= 0.3 is 23.9 Å². The van der Waals surface area contributed by atoms with E-state index in [4.69, 9.17) is 31.9 Å². The zero-order chi connectivity index (χ0) is 30.9. The van der Waals surface area contributed by atoms with Gasteiger partial charge in [-0.25, -0.2) is 4.79 Å². The van der Waals surface area contributed by atoms with Crippen LogP contribution in [0.4, 0.5) is 22.7 Å². The van der Waals surface area contributed by atoms with E-state index in [1.807, 2.05) is 0 Å². The van der Waals surface area contributed by atoms with Crippen molar-refractivity contribution in [3.8, 4) is 0 Å². The molecule has 2 fully saturated rings. The third-order valence-electron chi connectivity index (χ3n) is 6.03. The Morgan fingerprint density at radius 2 is 1.05 bits per heavy atom. The number of carboxylic acids is 4. The molecule has 2 saturated heterocycles. The lowest BCUT2D eigenvalue weighted by molar-refractivity contribution is -0.142. The minimum atomic E-state index is -1.27. The predicted octanol–water partition coefficient (Wildman–Crippen LogP) is 1.51. The Morgan fingerprint density at radius 1 is 0.707 bits per heavy atom. The second-order valence-corrected chi connectivity index (χ2v) is 9.15. The van der Waals surface area contributed by atoms with Gasteiger partial charge in [0, 0.05) is 54.3 Å². The van der Waals surface area contributed by atoms with Crippen LogP contribution in [0.5, 0.6) is 0 Å². The van der Waals surface area contributed by atoms with Crippen LogP contribution >= 0.6 is 0 Å². The summed E-state index contributed by atoms with van der Waals surface area (Å²) in [5.41, 5.74) is 13.1. The van der Waals surface area contributed by atoms with Crippen LogP contribution in [0, 0.1) is 11.8 Å². The number of hydrogen-bond acceptors (Lipinski definition) is 8. The third kappa shape index (κ3) is 9.38. The molecule has 2 aromatic rings. The maximum atomic E-state index is 11.9. The average molecular weight is 571 g/mol. The lowest BCUT2D eigenvalue weighted by Gasteiger charge is -2.19. The summed E-state index contributed by atoms with van der Waals surface area (Å²) in [4.78, 5) is 68.4. The number of nitrogen functional groups attached to an aromatic ring is 2. The number of benzene rings is 2. The maximum absolute atomic E-state index is 11.9. The minimum absolute atomic E-state index is 0.0258. The van der Waals surface area contributed by atoms with Crippen molar-refractivity contribution in [3.05, 3.63) is 60.7 Å². The molecule has 4 rings (SSSR count). The first kappa shape index (κ1) is 31.8. The van der Waals surface area contributed by atoms with Crippen LogP contribution < -0.4 is 21.3 Å². The summed E-state index contributed by atoms with van der Waals surface area (Å²) >= 11 is 0. The maximum Gasteiger partial charge on any atom is 0.331 e. The van der Waals surface area contributed by atoms with Gasteiger partial charge in [0.05, 0.1) is 18.3 Å². The van der Waals surface area contributed by atoms with Crippen molar-refractivity contribution >= 4 is 58.4 Å². The van der Waals surface area contributed by atoms with Crippen LogP contribution in [0.25, 0.3) is 0 Å². The number of rotatable bonds is 7. The van der Waals surface area contributed by atoms with Gasteiger partial charge in [-0.15, -0.1) is 0 Å². The molecule has 0 aromatic heterocycles. The molecule has 0 bridgehead atoms. The van der Waals surface area contributed by atoms with Crippen molar-refractivity contribution in [2.24, 2.45) is 11.8 Å². The molecule has 0 radical (unpaired) electrons. The molecule has 8 N–H and O–H groups in total. The third-order valence-corrected chi connectivity index (χ3v) is 6.03. The van der Waals surface area contributed by atoms with E-state index in [0.717, 1.165) is 11.4 Å². The summed E-state index contributed by atoms with van der Waals surface area (Å²) in [5, 5.41) is 34.1. The standard InChI is InChI=1S/C16H16N2O6.C6H8N2.C5H6O4/c19-13-5-9(15(21)22)7-17(13)11-1-2-12(4-3-11)18-8-10(16(23)24)6-14(18)20;7-5-1-2-6(8)4-3-5;1-3(5(8)9)2-4(6)7/h1-4,9-10H,5-8H2,(H,21,22)(H,23,24);1-4H,7-8H2;1-2H2,(H,6,7)(H,8,9). The molecule has 0 saturated carbocycles. The molecule has 41 heavy (non-hydrogen) atoms. The Labute approximate surface area is 234 Å². The molecule has 2 atom stereocenters. The van der Waals surface area contributed by atoms with Gasteiger partial charge in [0.15, 0.2) is 0 Å². The Balaban J connectivity index is 0.000000283. The van der Waals surface area contributed by atoms with Gasteiger partial charge in [-0.2, -0.15) is 0 Å². The van der Waals surface area contributed by atoms with E-state index < -0.39 is 42.1 Å². The van der Waals surface area contributed by atoms with Gasteiger partial charge in [-0.3, -0.25) is 24.0 Å². The van der Waals surface area contributed by atoms with Crippen molar-refractivity contribution in [1.82, 2.24) is 0 Å². The fourth-order valence-corrected chi connectivity index (χ4v) is 3.81. The summed E-state index contributed by atoms with van der Waals surface area (Å²) < 4.78 is 0. The van der Waals surface area contributed by atoms with E-state index in [0.29, 0.717) is 11.4 Å². The van der Waals surface area contributed by atoms with Crippen molar-refractivity contribution in [2.75, 3.05) is 34.4 Å². The normalized spacial score (nSPS) is 17.6. The number of carbonyl (C=O) groups is 6. The Hall–Kier alpha value is -5.40. The highest BCUT2D eigenvalue weighted by Gasteiger charge is 2.36. The van der Waals surface area contributed by atoms with Gasteiger partial charge in [0.25, 0.3) is 0 Å². The number of carbonyl (C=O) groups excluding carboxylic acids is 2.